The summed E-state index contributed by atoms with van der Waals surface area (Å²) in [5, 5.41) is 18.3. The van der Waals surface area contributed by atoms with Crippen molar-refractivity contribution in [3.05, 3.63) is 60.7 Å². The summed E-state index contributed by atoms with van der Waals surface area (Å²) < 4.78 is 6.28. The molecule has 0 fully saturated rings. The Hall–Kier alpha value is -1.29. The van der Waals surface area contributed by atoms with Gasteiger partial charge in [0, 0.05) is 0 Å². The molecule has 0 radical (unpaired) electrons. The zero-order valence-corrected chi connectivity index (χ0v) is 14.1. The Balaban J connectivity index is 0.000000612. The molecule has 0 aromatic heterocycles. The van der Waals surface area contributed by atoms with E-state index in [2.05, 4.69) is 78.8 Å². The van der Waals surface area contributed by atoms with E-state index in [1.165, 1.54) is 10.4 Å². The van der Waals surface area contributed by atoms with Gasteiger partial charge in [-0.3, -0.25) is 0 Å². The predicted octanol–water partition coefficient (Wildman–Crippen LogP) is 1.47. The lowest BCUT2D eigenvalue weighted by Crippen LogP contribution is -2.47. The SMILES string of the molecule is C[Si](C)(O[SiH2]c1ccccc1)c1ccccc1.OOO. The second-order valence-electron chi connectivity index (χ2n) is 4.73. The van der Waals surface area contributed by atoms with Crippen molar-refractivity contribution in [2.45, 2.75) is 13.1 Å². The highest BCUT2D eigenvalue weighted by atomic mass is 28.4. The van der Waals surface area contributed by atoms with Crippen LogP contribution < -0.4 is 10.4 Å². The van der Waals surface area contributed by atoms with Crippen LogP contribution in [0.5, 0.6) is 0 Å². The molecule has 0 atom stereocenters. The molecular formula is C14H20O4Si2. The van der Waals surface area contributed by atoms with Crippen LogP contribution in [0, 0.1) is 0 Å². The molecule has 0 aliphatic heterocycles. The molecule has 2 N–H and O–H groups in total. The molecule has 2 aromatic carbocycles. The zero-order chi connectivity index (χ0) is 14.8. The Morgan fingerprint density at radius 3 is 1.80 bits per heavy atom. The first-order valence-electron chi connectivity index (χ1n) is 6.28. The predicted molar refractivity (Wildman–Crippen MR) is 85.6 cm³/mol. The molecule has 0 bridgehead atoms. The van der Waals surface area contributed by atoms with Crippen molar-refractivity contribution in [3.63, 3.8) is 0 Å². The largest absolute Gasteiger partial charge is 0.453 e. The van der Waals surface area contributed by atoms with E-state index in [1.54, 1.807) is 0 Å². The molecule has 2 rings (SSSR count). The maximum atomic E-state index is 6.62. The van der Waals surface area contributed by atoms with E-state index in [1.807, 2.05) is 0 Å². The van der Waals surface area contributed by atoms with Gasteiger partial charge in [-0.2, -0.15) is 0 Å². The van der Waals surface area contributed by atoms with E-state index in [0.717, 1.165) is 0 Å². The number of hydrogen-bond donors (Lipinski definition) is 2. The Morgan fingerprint density at radius 2 is 1.30 bits per heavy atom. The third-order valence-electron chi connectivity index (χ3n) is 2.91. The minimum atomic E-state index is -1.70. The van der Waals surface area contributed by atoms with Crippen LogP contribution in [0.25, 0.3) is 0 Å². The topological polar surface area (TPSA) is 58.9 Å². The number of hydrogen-bond acceptors (Lipinski definition) is 4. The van der Waals surface area contributed by atoms with Crippen molar-refractivity contribution in [1.82, 2.24) is 0 Å². The first-order chi connectivity index (χ1) is 9.60. The lowest BCUT2D eigenvalue weighted by atomic mass is 10.4. The van der Waals surface area contributed by atoms with Gasteiger partial charge in [-0.25, -0.2) is 10.5 Å². The molecule has 4 nitrogen and oxygen atoms in total. The van der Waals surface area contributed by atoms with Gasteiger partial charge in [-0.15, -0.1) is 0 Å². The smallest absolute Gasteiger partial charge is 0.205 e. The highest BCUT2D eigenvalue weighted by Gasteiger charge is 2.24. The summed E-state index contributed by atoms with van der Waals surface area (Å²) in [5.74, 6) is 0. The molecule has 2 aromatic rings. The lowest BCUT2D eigenvalue weighted by Gasteiger charge is -2.23. The van der Waals surface area contributed by atoms with Crippen molar-refractivity contribution in [3.8, 4) is 0 Å². The standard InChI is InChI=1S/C14H18OSi2.H2O3/c1-17(2,14-11-7-4-8-12-14)15-16-13-9-5-3-6-10-13;1-3-2/h3-12H,16H2,1-2H3;1-2H. The number of rotatable bonds is 4. The number of benzene rings is 2. The first-order valence-corrected chi connectivity index (χ1v) is 10.5. The quantitative estimate of drug-likeness (QED) is 0.510. The zero-order valence-electron chi connectivity index (χ0n) is 11.7. The van der Waals surface area contributed by atoms with Gasteiger partial charge in [0.1, 0.15) is 0 Å². The molecule has 0 spiro atoms. The summed E-state index contributed by atoms with van der Waals surface area (Å²) in [5.41, 5.74) is 0. The second kappa shape index (κ2) is 8.80. The van der Waals surface area contributed by atoms with E-state index >= 15 is 0 Å². The van der Waals surface area contributed by atoms with E-state index in [-0.39, 0.29) is 0 Å². The fraction of sp³-hybridized carbons (Fsp3) is 0.143. The van der Waals surface area contributed by atoms with Gasteiger partial charge in [-0.1, -0.05) is 65.7 Å². The van der Waals surface area contributed by atoms with E-state index in [4.69, 9.17) is 14.6 Å². The molecule has 0 saturated carbocycles. The van der Waals surface area contributed by atoms with Gasteiger partial charge in [0.05, 0.1) is 0 Å². The van der Waals surface area contributed by atoms with Crippen molar-refractivity contribution in [2.75, 3.05) is 0 Å². The van der Waals surface area contributed by atoms with Crippen LogP contribution >= 0.6 is 0 Å². The molecule has 0 saturated heterocycles. The van der Waals surface area contributed by atoms with Gasteiger partial charge in [-0.05, 0) is 23.5 Å². The van der Waals surface area contributed by atoms with Gasteiger partial charge in [0.15, 0.2) is 9.76 Å². The summed E-state index contributed by atoms with van der Waals surface area (Å²) >= 11 is 0. The summed E-state index contributed by atoms with van der Waals surface area (Å²) in [4.78, 5) is 0. The molecule has 0 aliphatic carbocycles. The maximum Gasteiger partial charge on any atom is 0.205 e. The van der Waals surface area contributed by atoms with Crippen LogP contribution in [-0.2, 0) is 9.15 Å². The Labute approximate surface area is 122 Å². The van der Waals surface area contributed by atoms with Crippen LogP contribution in [0.1, 0.15) is 0 Å². The van der Waals surface area contributed by atoms with Crippen molar-refractivity contribution in [2.24, 2.45) is 0 Å². The van der Waals surface area contributed by atoms with E-state index in [0.29, 0.717) is 0 Å². The summed E-state index contributed by atoms with van der Waals surface area (Å²) in [6, 6.07) is 21.2. The highest BCUT2D eigenvalue weighted by molar-refractivity contribution is 6.88. The van der Waals surface area contributed by atoms with Crippen LogP contribution in [0.3, 0.4) is 0 Å². The maximum absolute atomic E-state index is 6.62. The van der Waals surface area contributed by atoms with Crippen molar-refractivity contribution >= 4 is 28.5 Å². The first kappa shape index (κ1) is 16.8. The summed E-state index contributed by atoms with van der Waals surface area (Å²) in [6.45, 7) is 4.55. The van der Waals surface area contributed by atoms with Crippen LogP contribution in [0.4, 0.5) is 0 Å². The molecule has 0 amide bonds. The average Bonchev–Trinajstić information content (AvgIpc) is 2.48. The van der Waals surface area contributed by atoms with Gasteiger partial charge < -0.3 is 4.12 Å². The third kappa shape index (κ3) is 5.78. The van der Waals surface area contributed by atoms with Crippen LogP contribution in [0.2, 0.25) is 13.1 Å². The van der Waals surface area contributed by atoms with Gasteiger partial charge in [0.25, 0.3) is 0 Å². The van der Waals surface area contributed by atoms with E-state index < -0.39 is 18.1 Å². The molecule has 20 heavy (non-hydrogen) atoms. The van der Waals surface area contributed by atoms with Crippen LogP contribution in [-0.4, -0.2) is 28.6 Å². The lowest BCUT2D eigenvalue weighted by molar-refractivity contribution is -0.465. The molecule has 6 heteroatoms. The summed E-state index contributed by atoms with van der Waals surface area (Å²) in [7, 11) is -2.30. The Kier molecular flexibility index (Phi) is 7.38. The van der Waals surface area contributed by atoms with Crippen molar-refractivity contribution in [1.29, 1.82) is 0 Å². The Morgan fingerprint density at radius 1 is 0.850 bits per heavy atom. The summed E-state index contributed by atoms with van der Waals surface area (Å²) in [6.07, 6.45) is 0. The minimum absolute atomic E-state index is 0.598. The van der Waals surface area contributed by atoms with Gasteiger partial charge in [0.2, 0.25) is 8.32 Å². The van der Waals surface area contributed by atoms with Crippen LogP contribution in [0.15, 0.2) is 60.7 Å². The molecule has 0 heterocycles. The molecule has 0 unspecified atom stereocenters. The second-order valence-corrected chi connectivity index (χ2v) is 10.6. The normalized spacial score (nSPS) is 11.2. The van der Waals surface area contributed by atoms with Gasteiger partial charge >= 0.3 is 0 Å². The molecule has 108 valence electrons. The fourth-order valence-corrected chi connectivity index (χ4v) is 6.00. The average molecular weight is 308 g/mol. The van der Waals surface area contributed by atoms with Crippen molar-refractivity contribution < 1.29 is 19.7 Å². The third-order valence-corrected chi connectivity index (χ3v) is 8.90. The molecular weight excluding hydrogens is 288 g/mol. The fourth-order valence-electron chi connectivity index (χ4n) is 1.76. The van der Waals surface area contributed by atoms with E-state index in [9.17, 15) is 0 Å². The monoisotopic (exact) mass is 308 g/mol. The Bertz CT molecular complexity index is 477. The minimum Gasteiger partial charge on any atom is -0.453 e. The molecule has 0 aliphatic rings. The highest BCUT2D eigenvalue weighted by Crippen LogP contribution is 2.04.